The molecule has 0 aliphatic rings. The molecule has 0 amide bonds. The van der Waals surface area contributed by atoms with Gasteiger partial charge in [0, 0.05) is 24.9 Å². The molecule has 4 heteroatoms. The van der Waals surface area contributed by atoms with E-state index in [0.717, 1.165) is 16.3 Å². The molecular weight excluding hydrogens is 238 g/mol. The smallest absolute Gasteiger partial charge is 0.0801 e. The van der Waals surface area contributed by atoms with Crippen LogP contribution in [0.1, 0.15) is 25.5 Å². The Morgan fingerprint density at radius 1 is 1.26 bits per heavy atom. The molecule has 0 aliphatic heterocycles. The van der Waals surface area contributed by atoms with Gasteiger partial charge in [0.25, 0.3) is 0 Å². The van der Waals surface area contributed by atoms with Crippen LogP contribution in [0.15, 0.2) is 36.7 Å². The van der Waals surface area contributed by atoms with Crippen molar-refractivity contribution in [2.75, 3.05) is 7.11 Å². The van der Waals surface area contributed by atoms with E-state index in [1.165, 1.54) is 0 Å². The molecule has 0 saturated heterocycles. The lowest BCUT2D eigenvalue weighted by Gasteiger charge is -2.29. The third-order valence-corrected chi connectivity index (χ3v) is 3.49. The number of pyridine rings is 1. The molecule has 4 nitrogen and oxygen atoms in total. The third kappa shape index (κ3) is 2.76. The van der Waals surface area contributed by atoms with Gasteiger partial charge in [-0.1, -0.05) is 32.0 Å². The summed E-state index contributed by atoms with van der Waals surface area (Å²) in [5.74, 6) is 6.13. The maximum absolute atomic E-state index is 5.76. The van der Waals surface area contributed by atoms with Crippen LogP contribution in [-0.2, 0) is 4.74 Å². The van der Waals surface area contributed by atoms with Crippen molar-refractivity contribution in [1.29, 1.82) is 0 Å². The van der Waals surface area contributed by atoms with Crippen molar-refractivity contribution in [2.45, 2.75) is 26.0 Å². The molecule has 2 aromatic rings. The number of hydrazine groups is 1. The number of nitrogens with one attached hydrogen (secondary N) is 1. The number of benzene rings is 1. The Hall–Kier alpha value is -1.49. The fourth-order valence-corrected chi connectivity index (χ4v) is 2.57. The molecule has 102 valence electrons. The fourth-order valence-electron chi connectivity index (χ4n) is 2.57. The van der Waals surface area contributed by atoms with E-state index in [1.54, 1.807) is 13.3 Å². The lowest BCUT2D eigenvalue weighted by Crippen LogP contribution is -2.40. The van der Waals surface area contributed by atoms with Gasteiger partial charge in [-0.3, -0.25) is 16.3 Å². The molecule has 1 aromatic heterocycles. The summed E-state index contributed by atoms with van der Waals surface area (Å²) in [5.41, 5.74) is 4.04. The SMILES string of the molecule is COC(C(C)C)C(NN)c1cccc2cnccc12. The van der Waals surface area contributed by atoms with Crippen LogP contribution in [0.2, 0.25) is 0 Å². The zero-order chi connectivity index (χ0) is 13.8. The van der Waals surface area contributed by atoms with E-state index in [2.05, 4.69) is 36.4 Å². The van der Waals surface area contributed by atoms with E-state index in [-0.39, 0.29) is 12.1 Å². The molecule has 0 radical (unpaired) electrons. The summed E-state index contributed by atoms with van der Waals surface area (Å²) in [4.78, 5) is 4.16. The van der Waals surface area contributed by atoms with Gasteiger partial charge in [-0.25, -0.2) is 0 Å². The second kappa shape index (κ2) is 6.10. The summed E-state index contributed by atoms with van der Waals surface area (Å²) >= 11 is 0. The number of fused-ring (bicyclic) bond motifs is 1. The van der Waals surface area contributed by atoms with Crippen molar-refractivity contribution in [3.05, 3.63) is 42.2 Å². The molecule has 0 saturated carbocycles. The Labute approximate surface area is 113 Å². The van der Waals surface area contributed by atoms with Gasteiger partial charge in [-0.05, 0) is 22.9 Å². The number of rotatable bonds is 5. The molecule has 2 atom stereocenters. The average molecular weight is 259 g/mol. The van der Waals surface area contributed by atoms with Crippen LogP contribution in [0.5, 0.6) is 0 Å². The molecule has 0 aliphatic carbocycles. The summed E-state index contributed by atoms with van der Waals surface area (Å²) in [6.07, 6.45) is 3.68. The van der Waals surface area contributed by atoms with Crippen molar-refractivity contribution in [3.63, 3.8) is 0 Å². The zero-order valence-electron chi connectivity index (χ0n) is 11.6. The van der Waals surface area contributed by atoms with Crippen molar-refractivity contribution >= 4 is 10.8 Å². The molecule has 3 N–H and O–H groups in total. The highest BCUT2D eigenvalue weighted by atomic mass is 16.5. The summed E-state index contributed by atoms with van der Waals surface area (Å²) < 4.78 is 5.61. The van der Waals surface area contributed by atoms with Gasteiger partial charge in [-0.15, -0.1) is 0 Å². The van der Waals surface area contributed by atoms with Crippen molar-refractivity contribution in [2.24, 2.45) is 11.8 Å². The standard InChI is InChI=1S/C15H21N3O/c1-10(2)15(19-3)14(18-16)13-6-4-5-11-9-17-8-7-12(11)13/h4-10,14-15,18H,16H2,1-3H3. The van der Waals surface area contributed by atoms with Gasteiger partial charge in [0.2, 0.25) is 0 Å². The van der Waals surface area contributed by atoms with Crippen molar-refractivity contribution in [3.8, 4) is 0 Å². The number of aromatic nitrogens is 1. The van der Waals surface area contributed by atoms with E-state index in [9.17, 15) is 0 Å². The van der Waals surface area contributed by atoms with Crippen LogP contribution in [0, 0.1) is 5.92 Å². The topological polar surface area (TPSA) is 60.2 Å². The van der Waals surface area contributed by atoms with E-state index in [4.69, 9.17) is 10.6 Å². The maximum Gasteiger partial charge on any atom is 0.0801 e. The van der Waals surface area contributed by atoms with Crippen LogP contribution >= 0.6 is 0 Å². The summed E-state index contributed by atoms with van der Waals surface area (Å²) in [6.45, 7) is 4.26. The van der Waals surface area contributed by atoms with Crippen LogP contribution in [0.4, 0.5) is 0 Å². The van der Waals surface area contributed by atoms with Crippen molar-refractivity contribution < 1.29 is 4.74 Å². The highest BCUT2D eigenvalue weighted by molar-refractivity contribution is 5.85. The Kier molecular flexibility index (Phi) is 4.47. The number of nitrogens with two attached hydrogens (primary N) is 1. The molecule has 1 aromatic carbocycles. The predicted molar refractivity (Wildman–Crippen MR) is 77.4 cm³/mol. The molecule has 1 heterocycles. The van der Waals surface area contributed by atoms with Crippen LogP contribution in [0.3, 0.4) is 0 Å². The quantitative estimate of drug-likeness (QED) is 0.639. The van der Waals surface area contributed by atoms with E-state index in [0.29, 0.717) is 5.92 Å². The molecule has 0 fully saturated rings. The van der Waals surface area contributed by atoms with Gasteiger partial charge in [0.15, 0.2) is 0 Å². The number of methoxy groups -OCH3 is 1. The fraction of sp³-hybridized carbons (Fsp3) is 0.400. The van der Waals surface area contributed by atoms with Gasteiger partial charge in [0.05, 0.1) is 12.1 Å². The summed E-state index contributed by atoms with van der Waals surface area (Å²) in [7, 11) is 1.72. The molecular formula is C15H21N3O. The maximum atomic E-state index is 5.76. The van der Waals surface area contributed by atoms with Crippen LogP contribution < -0.4 is 11.3 Å². The number of hydrogen-bond acceptors (Lipinski definition) is 4. The first-order valence-electron chi connectivity index (χ1n) is 6.50. The minimum absolute atomic E-state index is 0.0174. The minimum atomic E-state index is -0.0453. The predicted octanol–water partition coefficient (Wildman–Crippen LogP) is 2.41. The Morgan fingerprint density at radius 2 is 2.05 bits per heavy atom. The van der Waals surface area contributed by atoms with E-state index >= 15 is 0 Å². The number of ether oxygens (including phenoxy) is 1. The molecule has 0 spiro atoms. The zero-order valence-corrected chi connectivity index (χ0v) is 11.6. The average Bonchev–Trinajstić information content (AvgIpc) is 2.43. The van der Waals surface area contributed by atoms with Gasteiger partial charge >= 0.3 is 0 Å². The number of nitrogens with zero attached hydrogens (tertiary/aromatic N) is 1. The number of hydrogen-bond donors (Lipinski definition) is 2. The van der Waals surface area contributed by atoms with E-state index < -0.39 is 0 Å². The molecule has 2 rings (SSSR count). The van der Waals surface area contributed by atoms with Gasteiger partial charge in [0.1, 0.15) is 0 Å². The Balaban J connectivity index is 2.51. The first-order valence-corrected chi connectivity index (χ1v) is 6.50. The second-order valence-electron chi connectivity index (χ2n) is 5.03. The normalized spacial score (nSPS) is 14.8. The van der Waals surface area contributed by atoms with Gasteiger partial charge < -0.3 is 4.74 Å². The molecule has 2 unspecified atom stereocenters. The third-order valence-electron chi connectivity index (χ3n) is 3.49. The minimum Gasteiger partial charge on any atom is -0.379 e. The molecule has 19 heavy (non-hydrogen) atoms. The largest absolute Gasteiger partial charge is 0.379 e. The Bertz CT molecular complexity index is 536. The lowest BCUT2D eigenvalue weighted by atomic mass is 9.91. The summed E-state index contributed by atoms with van der Waals surface area (Å²) in [6, 6.07) is 8.13. The van der Waals surface area contributed by atoms with Crippen molar-refractivity contribution in [1.82, 2.24) is 10.4 Å². The highest BCUT2D eigenvalue weighted by Crippen LogP contribution is 2.29. The van der Waals surface area contributed by atoms with Crippen LogP contribution in [-0.4, -0.2) is 18.2 Å². The first kappa shape index (κ1) is 13.9. The summed E-state index contributed by atoms with van der Waals surface area (Å²) in [5, 5.41) is 2.27. The van der Waals surface area contributed by atoms with Crippen LogP contribution in [0.25, 0.3) is 10.8 Å². The Morgan fingerprint density at radius 3 is 2.68 bits per heavy atom. The highest BCUT2D eigenvalue weighted by Gasteiger charge is 2.26. The second-order valence-corrected chi connectivity index (χ2v) is 5.03. The first-order chi connectivity index (χ1) is 9.19. The molecule has 0 bridgehead atoms. The van der Waals surface area contributed by atoms with Gasteiger partial charge in [-0.2, -0.15) is 0 Å². The van der Waals surface area contributed by atoms with E-state index in [1.807, 2.05) is 18.3 Å². The lowest BCUT2D eigenvalue weighted by molar-refractivity contribution is 0.0330. The monoisotopic (exact) mass is 259 g/mol.